The number of fused-ring (bicyclic) bond motifs is 1. The van der Waals surface area contributed by atoms with Crippen molar-refractivity contribution in [1.82, 2.24) is 4.98 Å². The quantitative estimate of drug-likeness (QED) is 0.857. The van der Waals surface area contributed by atoms with Crippen molar-refractivity contribution in [2.75, 3.05) is 5.32 Å². The fourth-order valence-electron chi connectivity index (χ4n) is 1.44. The van der Waals surface area contributed by atoms with Gasteiger partial charge in [-0.05, 0) is 39.8 Å². The smallest absolute Gasteiger partial charge is 0.139 e. The Bertz CT molecular complexity index is 523. The van der Waals surface area contributed by atoms with Crippen LogP contribution >= 0.6 is 0 Å². The molecule has 0 radical (unpaired) electrons. The Labute approximate surface area is 101 Å². The SMILES string of the molecule is CC(C)(O)C(C)(C)Nc1nccc2occc12. The van der Waals surface area contributed by atoms with Gasteiger partial charge in [-0.3, -0.25) is 0 Å². The molecule has 0 amide bonds. The molecule has 2 heterocycles. The molecule has 0 saturated heterocycles. The molecule has 4 heteroatoms. The minimum atomic E-state index is -0.861. The Morgan fingerprint density at radius 3 is 2.59 bits per heavy atom. The van der Waals surface area contributed by atoms with E-state index >= 15 is 0 Å². The minimum absolute atomic E-state index is 0.494. The van der Waals surface area contributed by atoms with Crippen molar-refractivity contribution in [3.63, 3.8) is 0 Å². The molecular formula is C13H18N2O2. The molecule has 0 aromatic carbocycles. The zero-order valence-corrected chi connectivity index (χ0v) is 10.6. The van der Waals surface area contributed by atoms with Gasteiger partial charge in [-0.15, -0.1) is 0 Å². The van der Waals surface area contributed by atoms with E-state index in [4.69, 9.17) is 4.42 Å². The first-order valence-electron chi connectivity index (χ1n) is 5.64. The normalized spacial score (nSPS) is 13.0. The summed E-state index contributed by atoms with van der Waals surface area (Å²) in [6, 6.07) is 3.68. The standard InChI is InChI=1S/C13H18N2O2/c1-12(2,13(3,4)16)15-11-9-6-8-17-10(9)5-7-14-11/h5-8,16H,1-4H3,(H,14,15). The Morgan fingerprint density at radius 1 is 1.24 bits per heavy atom. The van der Waals surface area contributed by atoms with Crippen molar-refractivity contribution in [1.29, 1.82) is 0 Å². The van der Waals surface area contributed by atoms with Gasteiger partial charge in [0.1, 0.15) is 11.4 Å². The molecule has 2 rings (SSSR count). The van der Waals surface area contributed by atoms with Crippen LogP contribution in [0.5, 0.6) is 0 Å². The fourth-order valence-corrected chi connectivity index (χ4v) is 1.44. The second kappa shape index (κ2) is 3.74. The average molecular weight is 234 g/mol. The third kappa shape index (κ3) is 2.13. The summed E-state index contributed by atoms with van der Waals surface area (Å²) in [5, 5.41) is 14.3. The van der Waals surface area contributed by atoms with Gasteiger partial charge in [-0.2, -0.15) is 0 Å². The van der Waals surface area contributed by atoms with Gasteiger partial charge in [-0.1, -0.05) is 0 Å². The van der Waals surface area contributed by atoms with Gasteiger partial charge in [0.2, 0.25) is 0 Å². The van der Waals surface area contributed by atoms with E-state index in [0.717, 1.165) is 16.8 Å². The number of aromatic nitrogens is 1. The third-order valence-electron chi connectivity index (χ3n) is 3.34. The number of nitrogens with one attached hydrogen (secondary N) is 1. The van der Waals surface area contributed by atoms with Gasteiger partial charge in [0.25, 0.3) is 0 Å². The number of anilines is 1. The topological polar surface area (TPSA) is 58.3 Å². The molecule has 0 bridgehead atoms. The molecule has 2 aromatic heterocycles. The van der Waals surface area contributed by atoms with Crippen LogP contribution in [0, 0.1) is 0 Å². The number of nitrogens with zero attached hydrogens (tertiary/aromatic N) is 1. The lowest BCUT2D eigenvalue weighted by atomic mass is 9.86. The van der Waals surface area contributed by atoms with E-state index in [-0.39, 0.29) is 0 Å². The van der Waals surface area contributed by atoms with Gasteiger partial charge >= 0.3 is 0 Å². The molecule has 0 spiro atoms. The van der Waals surface area contributed by atoms with Crippen LogP contribution in [0.15, 0.2) is 29.0 Å². The fraction of sp³-hybridized carbons (Fsp3) is 0.462. The molecule has 0 aliphatic carbocycles. The Balaban J connectivity index is 2.39. The molecule has 92 valence electrons. The minimum Gasteiger partial charge on any atom is -0.464 e. The molecule has 0 aliphatic rings. The van der Waals surface area contributed by atoms with E-state index in [1.807, 2.05) is 26.0 Å². The zero-order valence-electron chi connectivity index (χ0n) is 10.6. The van der Waals surface area contributed by atoms with Crippen molar-refractivity contribution in [3.05, 3.63) is 24.6 Å². The molecule has 4 nitrogen and oxygen atoms in total. The number of aliphatic hydroxyl groups is 1. The molecule has 0 unspecified atom stereocenters. The highest BCUT2D eigenvalue weighted by molar-refractivity contribution is 5.88. The molecule has 0 aliphatic heterocycles. The van der Waals surface area contributed by atoms with Crippen LogP contribution < -0.4 is 5.32 Å². The van der Waals surface area contributed by atoms with E-state index < -0.39 is 11.1 Å². The number of hydrogen-bond donors (Lipinski definition) is 2. The molecule has 0 atom stereocenters. The largest absolute Gasteiger partial charge is 0.464 e. The molecule has 17 heavy (non-hydrogen) atoms. The van der Waals surface area contributed by atoms with Crippen LogP contribution in [0.25, 0.3) is 11.0 Å². The highest BCUT2D eigenvalue weighted by Crippen LogP contribution is 2.29. The summed E-state index contributed by atoms with van der Waals surface area (Å²) in [4.78, 5) is 4.30. The summed E-state index contributed by atoms with van der Waals surface area (Å²) in [7, 11) is 0. The van der Waals surface area contributed by atoms with Crippen LogP contribution in [0.4, 0.5) is 5.82 Å². The van der Waals surface area contributed by atoms with E-state index in [1.165, 1.54) is 0 Å². The van der Waals surface area contributed by atoms with Gasteiger partial charge in [0.05, 0.1) is 22.8 Å². The summed E-state index contributed by atoms with van der Waals surface area (Å²) in [6.07, 6.45) is 3.32. The Morgan fingerprint density at radius 2 is 1.94 bits per heavy atom. The van der Waals surface area contributed by atoms with Crippen LogP contribution in [-0.4, -0.2) is 21.2 Å². The second-order valence-corrected chi connectivity index (χ2v) is 5.30. The van der Waals surface area contributed by atoms with Gasteiger partial charge in [0, 0.05) is 6.20 Å². The maximum absolute atomic E-state index is 10.1. The van der Waals surface area contributed by atoms with Gasteiger partial charge < -0.3 is 14.8 Å². The maximum Gasteiger partial charge on any atom is 0.139 e. The highest BCUT2D eigenvalue weighted by atomic mass is 16.3. The summed E-state index contributed by atoms with van der Waals surface area (Å²) in [6.45, 7) is 7.42. The van der Waals surface area contributed by atoms with Gasteiger partial charge in [0.15, 0.2) is 0 Å². The summed E-state index contributed by atoms with van der Waals surface area (Å²) in [5.41, 5.74) is -0.569. The van der Waals surface area contributed by atoms with E-state index in [2.05, 4.69) is 10.3 Å². The first kappa shape index (κ1) is 11.9. The number of rotatable bonds is 3. The summed E-state index contributed by atoms with van der Waals surface area (Å²) in [5.74, 6) is 0.725. The Kier molecular flexibility index (Phi) is 2.62. The van der Waals surface area contributed by atoms with Crippen molar-refractivity contribution in [2.24, 2.45) is 0 Å². The lowest BCUT2D eigenvalue weighted by molar-refractivity contribution is 0.0239. The molecular weight excluding hydrogens is 216 g/mol. The third-order valence-corrected chi connectivity index (χ3v) is 3.34. The second-order valence-electron chi connectivity index (χ2n) is 5.30. The first-order chi connectivity index (χ1) is 7.81. The van der Waals surface area contributed by atoms with Crippen molar-refractivity contribution in [3.8, 4) is 0 Å². The number of hydrogen-bond acceptors (Lipinski definition) is 4. The molecule has 0 fully saturated rings. The van der Waals surface area contributed by atoms with E-state index in [0.29, 0.717) is 0 Å². The van der Waals surface area contributed by atoms with Crippen LogP contribution in [0.2, 0.25) is 0 Å². The van der Waals surface area contributed by atoms with Gasteiger partial charge in [-0.25, -0.2) is 4.98 Å². The van der Waals surface area contributed by atoms with Crippen LogP contribution in [0.1, 0.15) is 27.7 Å². The van der Waals surface area contributed by atoms with Crippen molar-refractivity contribution >= 4 is 16.8 Å². The lowest BCUT2D eigenvalue weighted by Crippen LogP contribution is -2.51. The van der Waals surface area contributed by atoms with Crippen LogP contribution in [0.3, 0.4) is 0 Å². The lowest BCUT2D eigenvalue weighted by Gasteiger charge is -2.38. The highest BCUT2D eigenvalue weighted by Gasteiger charge is 2.35. The summed E-state index contributed by atoms with van der Waals surface area (Å²) < 4.78 is 5.32. The van der Waals surface area contributed by atoms with Crippen molar-refractivity contribution < 1.29 is 9.52 Å². The molecule has 0 saturated carbocycles. The van der Waals surface area contributed by atoms with E-state index in [9.17, 15) is 5.11 Å². The monoisotopic (exact) mass is 234 g/mol. The average Bonchev–Trinajstić information content (AvgIpc) is 2.64. The van der Waals surface area contributed by atoms with Crippen LogP contribution in [-0.2, 0) is 0 Å². The predicted octanol–water partition coefficient (Wildman–Crippen LogP) is 2.79. The van der Waals surface area contributed by atoms with E-state index in [1.54, 1.807) is 26.3 Å². The number of furan rings is 1. The number of pyridine rings is 1. The zero-order chi connectivity index (χ0) is 12.7. The maximum atomic E-state index is 10.1. The first-order valence-corrected chi connectivity index (χ1v) is 5.64. The Hall–Kier alpha value is -1.55. The van der Waals surface area contributed by atoms with Crippen molar-refractivity contribution in [2.45, 2.75) is 38.8 Å². The predicted molar refractivity (Wildman–Crippen MR) is 68.0 cm³/mol. The molecule has 2 aromatic rings. The summed E-state index contributed by atoms with van der Waals surface area (Å²) >= 11 is 0. The molecule has 2 N–H and O–H groups in total.